The molecule has 0 radical (unpaired) electrons. The first-order valence-corrected chi connectivity index (χ1v) is 9.41. The Balaban J connectivity index is 1.75. The van der Waals surface area contributed by atoms with Crippen LogP contribution in [0.2, 0.25) is 0 Å². The number of carbonyl (C=O) groups is 1. The maximum Gasteiger partial charge on any atom is 0.341 e. The lowest BCUT2D eigenvalue weighted by atomic mass is 9.91. The Bertz CT molecular complexity index is 1070. The molecule has 0 saturated carbocycles. The van der Waals surface area contributed by atoms with Crippen LogP contribution in [0.5, 0.6) is 0 Å². The second kappa shape index (κ2) is 8.09. The lowest BCUT2D eigenvalue weighted by Gasteiger charge is -2.30. The summed E-state index contributed by atoms with van der Waals surface area (Å²) >= 11 is 0. The van der Waals surface area contributed by atoms with E-state index in [1.54, 1.807) is 20.8 Å². The van der Waals surface area contributed by atoms with Gasteiger partial charge in [-0.1, -0.05) is 0 Å². The molecule has 3 unspecified atom stereocenters. The number of rotatable bonds is 4. The molecule has 0 aliphatic carbocycles. The number of pyridine rings is 1. The fourth-order valence-corrected chi connectivity index (χ4v) is 3.88. The van der Waals surface area contributed by atoms with Crippen molar-refractivity contribution >= 4 is 16.8 Å². The van der Waals surface area contributed by atoms with Crippen LogP contribution < -0.4 is 16.2 Å². The molecule has 3 N–H and O–H groups in total. The van der Waals surface area contributed by atoms with Gasteiger partial charge in [0.2, 0.25) is 11.9 Å². The average Bonchev–Trinajstić information content (AvgIpc) is 2.67. The van der Waals surface area contributed by atoms with Gasteiger partial charge in [0.05, 0.1) is 12.3 Å². The summed E-state index contributed by atoms with van der Waals surface area (Å²) in [7, 11) is 0. The third-order valence-corrected chi connectivity index (χ3v) is 5.67. The molecule has 1 aromatic carbocycles. The van der Waals surface area contributed by atoms with E-state index in [2.05, 4.69) is 15.6 Å². The Labute approximate surface area is 166 Å². The Morgan fingerprint density at radius 2 is 2.21 bits per heavy atom. The molecule has 1 aliphatic heterocycles. The monoisotopic (exact) mass is 400 g/mol. The smallest absolute Gasteiger partial charge is 0.341 e. The molecular formula is C20H23FN5O3+. The van der Waals surface area contributed by atoms with Crippen molar-refractivity contribution in [1.82, 2.24) is 15.6 Å². The summed E-state index contributed by atoms with van der Waals surface area (Å²) in [6, 6.07) is 5.18. The lowest BCUT2D eigenvalue weighted by Crippen LogP contribution is -2.58. The van der Waals surface area contributed by atoms with Crippen molar-refractivity contribution in [2.75, 3.05) is 6.54 Å². The van der Waals surface area contributed by atoms with Crippen molar-refractivity contribution in [1.29, 1.82) is 5.26 Å². The average molecular weight is 400 g/mol. The molecule has 1 aromatic heterocycles. The molecule has 1 amide bonds. The van der Waals surface area contributed by atoms with Gasteiger partial charge in [-0.3, -0.25) is 9.59 Å². The van der Waals surface area contributed by atoms with Gasteiger partial charge in [-0.2, -0.15) is 5.26 Å². The highest BCUT2D eigenvalue weighted by Gasteiger charge is 2.44. The number of H-pyrrole nitrogens is 1. The van der Waals surface area contributed by atoms with Crippen molar-refractivity contribution in [3.05, 3.63) is 50.4 Å². The quantitative estimate of drug-likeness (QED) is 0.668. The van der Waals surface area contributed by atoms with Crippen LogP contribution in [0.1, 0.15) is 25.0 Å². The zero-order valence-corrected chi connectivity index (χ0v) is 16.5. The van der Waals surface area contributed by atoms with Crippen LogP contribution in [-0.2, 0) is 11.2 Å². The number of benzene rings is 1. The number of hydrogen-bond donors (Lipinski definition) is 3. The maximum absolute atomic E-state index is 13.6. The number of hydrogen-bond acceptors (Lipinski definition) is 5. The first-order valence-electron chi connectivity index (χ1n) is 9.41. The number of nitrogens with zero attached hydrogens (tertiary/aromatic N) is 2. The first-order chi connectivity index (χ1) is 13.7. The number of aryl methyl sites for hydroxylation is 1. The Morgan fingerprint density at radius 1 is 1.48 bits per heavy atom. The van der Waals surface area contributed by atoms with E-state index < -0.39 is 18.0 Å². The van der Waals surface area contributed by atoms with Crippen LogP contribution >= 0.6 is 0 Å². The summed E-state index contributed by atoms with van der Waals surface area (Å²) in [6.07, 6.45) is -1.06. The van der Waals surface area contributed by atoms with E-state index in [1.165, 1.54) is 18.2 Å². The number of aromatic nitrogens is 1. The van der Waals surface area contributed by atoms with Crippen molar-refractivity contribution in [2.24, 2.45) is 5.92 Å². The molecular weight excluding hydrogens is 377 g/mol. The van der Waals surface area contributed by atoms with Crippen molar-refractivity contribution in [3.8, 4) is 6.07 Å². The molecule has 8 nitrogen and oxygen atoms in total. The predicted molar refractivity (Wildman–Crippen MR) is 105 cm³/mol. The molecule has 4 atom stereocenters. The highest BCUT2D eigenvalue weighted by atomic mass is 19.1. The highest BCUT2D eigenvalue weighted by Crippen LogP contribution is 2.20. The summed E-state index contributed by atoms with van der Waals surface area (Å²) in [5.74, 6) is -0.992. The van der Waals surface area contributed by atoms with E-state index in [-0.39, 0.29) is 35.4 Å². The summed E-state index contributed by atoms with van der Waals surface area (Å²) in [5, 5.41) is 15.2. The van der Waals surface area contributed by atoms with Crippen LogP contribution in [0, 0.1) is 34.9 Å². The summed E-state index contributed by atoms with van der Waals surface area (Å²) in [4.78, 5) is 39.8. The minimum Gasteiger partial charge on any atom is -0.353 e. The van der Waals surface area contributed by atoms with E-state index in [4.69, 9.17) is 5.26 Å². The Kier molecular flexibility index (Phi) is 5.75. The topological polar surface area (TPSA) is 118 Å². The van der Waals surface area contributed by atoms with E-state index in [0.717, 1.165) is 0 Å². The van der Waals surface area contributed by atoms with E-state index in [1.807, 2.05) is 6.07 Å². The molecule has 29 heavy (non-hydrogen) atoms. The van der Waals surface area contributed by atoms with Gasteiger partial charge < -0.3 is 10.3 Å². The fraction of sp³-hybridized carbons (Fsp3) is 0.450. The molecule has 2 heterocycles. The Hall–Kier alpha value is -3.12. The van der Waals surface area contributed by atoms with Crippen molar-refractivity contribution in [3.63, 3.8) is 0 Å². The number of halogens is 1. The number of fused-ring (bicyclic) bond motifs is 1. The van der Waals surface area contributed by atoms with Gasteiger partial charge in [0.1, 0.15) is 5.82 Å². The number of amides is 1. The molecule has 1 saturated heterocycles. The number of aromatic amines is 1. The van der Waals surface area contributed by atoms with Gasteiger partial charge in [-0.05, 0) is 37.6 Å². The summed E-state index contributed by atoms with van der Waals surface area (Å²) < 4.78 is 14.3. The molecule has 9 heteroatoms. The number of nitrogens with one attached hydrogen (secondary N) is 3. The van der Waals surface area contributed by atoms with Crippen LogP contribution in [-0.4, -0.2) is 40.4 Å². The molecule has 0 bridgehead atoms. The number of nitroso groups, excluding NO2 is 1. The first kappa shape index (κ1) is 20.6. The maximum atomic E-state index is 13.6. The lowest BCUT2D eigenvalue weighted by molar-refractivity contribution is -0.627. The van der Waals surface area contributed by atoms with Gasteiger partial charge in [0.25, 0.3) is 5.56 Å². The third kappa shape index (κ3) is 4.03. The van der Waals surface area contributed by atoms with E-state index in [9.17, 15) is 18.9 Å². The van der Waals surface area contributed by atoms with Crippen molar-refractivity contribution in [2.45, 2.75) is 45.4 Å². The largest absolute Gasteiger partial charge is 0.353 e. The molecule has 0 spiro atoms. The van der Waals surface area contributed by atoms with Gasteiger partial charge in [-0.25, -0.2) is 9.71 Å². The van der Waals surface area contributed by atoms with Gasteiger partial charge >= 0.3 is 6.17 Å². The second-order valence-corrected chi connectivity index (χ2v) is 7.48. The summed E-state index contributed by atoms with van der Waals surface area (Å²) in [5.41, 5.74) is 0.954. The molecule has 3 rings (SSSR count). The SMILES string of the molecule is Cc1c(CC(=O)N[C@@H](C)C2CNC(C#N)[N+](=O)C2C)c(=O)[nH]c2ccc(F)cc12. The molecule has 2 aromatic rings. The minimum absolute atomic E-state index is 0.158. The van der Waals surface area contributed by atoms with Gasteiger partial charge in [0, 0.05) is 45.6 Å². The summed E-state index contributed by atoms with van der Waals surface area (Å²) in [6.45, 7) is 5.61. The minimum atomic E-state index is -0.900. The van der Waals surface area contributed by atoms with Gasteiger partial charge in [-0.15, -0.1) is 0 Å². The normalized spacial score (nSPS) is 22.9. The Morgan fingerprint density at radius 3 is 2.90 bits per heavy atom. The van der Waals surface area contributed by atoms with Crippen LogP contribution in [0.15, 0.2) is 23.0 Å². The zero-order chi connectivity index (χ0) is 21.3. The molecule has 1 fully saturated rings. The third-order valence-electron chi connectivity index (χ3n) is 5.67. The fourth-order valence-electron chi connectivity index (χ4n) is 3.88. The second-order valence-electron chi connectivity index (χ2n) is 7.48. The highest BCUT2D eigenvalue weighted by molar-refractivity contribution is 5.85. The zero-order valence-electron chi connectivity index (χ0n) is 16.5. The van der Waals surface area contributed by atoms with E-state index >= 15 is 0 Å². The number of nitriles is 1. The van der Waals surface area contributed by atoms with E-state index in [0.29, 0.717) is 27.8 Å². The van der Waals surface area contributed by atoms with Crippen LogP contribution in [0.4, 0.5) is 4.39 Å². The molecule has 152 valence electrons. The standard InChI is InChI=1S/C20H22FN5O3/c1-10-14-6-13(21)4-5-17(14)25-20(28)15(10)7-19(27)24-11(2)16-9-23-18(8-22)26(29)12(16)3/h4-6,11-12,16,18,23H,7,9H2,1-3H3,(H-,24,25,27,28)/p+1/t11-,12?,16?,18?/m0/s1. The van der Waals surface area contributed by atoms with Crippen molar-refractivity contribution < 1.29 is 13.9 Å². The molecule has 1 aliphatic rings. The van der Waals surface area contributed by atoms with Crippen LogP contribution in [0.3, 0.4) is 0 Å². The number of carbonyl (C=O) groups excluding carboxylic acids is 1. The predicted octanol–water partition coefficient (Wildman–Crippen LogP) is 1.26. The van der Waals surface area contributed by atoms with Gasteiger partial charge in [0.15, 0.2) is 6.07 Å². The van der Waals surface area contributed by atoms with Crippen LogP contribution in [0.25, 0.3) is 10.9 Å².